The van der Waals surface area contributed by atoms with E-state index in [1.165, 1.54) is 0 Å². The van der Waals surface area contributed by atoms with Crippen molar-refractivity contribution in [1.29, 1.82) is 0 Å². The summed E-state index contributed by atoms with van der Waals surface area (Å²) in [6.45, 7) is 9.52. The molecule has 1 heterocycles. The summed E-state index contributed by atoms with van der Waals surface area (Å²) in [5, 5.41) is 7.27. The first kappa shape index (κ1) is 15.7. The third-order valence-electron chi connectivity index (χ3n) is 3.51. The number of nitrogens with one attached hydrogen (secondary N) is 1. The van der Waals surface area contributed by atoms with Gasteiger partial charge in [0.1, 0.15) is 0 Å². The number of carbonyl (C=O) groups excluding carboxylic acids is 1. The molecule has 1 aromatic rings. The van der Waals surface area contributed by atoms with Gasteiger partial charge in [0.05, 0.1) is 11.7 Å². The summed E-state index contributed by atoms with van der Waals surface area (Å²) in [5.74, 6) is 0.165. The van der Waals surface area contributed by atoms with E-state index in [4.69, 9.17) is 5.73 Å². The van der Waals surface area contributed by atoms with Crippen LogP contribution in [-0.2, 0) is 11.3 Å². The van der Waals surface area contributed by atoms with Crippen molar-refractivity contribution in [1.82, 2.24) is 15.1 Å². The van der Waals surface area contributed by atoms with Gasteiger partial charge in [-0.2, -0.15) is 5.10 Å². The Kier molecular flexibility index (Phi) is 6.02. The molecule has 0 aliphatic carbocycles. The highest BCUT2D eigenvalue weighted by atomic mass is 16.2. The van der Waals surface area contributed by atoms with Crippen LogP contribution in [-0.4, -0.2) is 28.3 Å². The minimum atomic E-state index is -0.404. The topological polar surface area (TPSA) is 72.9 Å². The summed E-state index contributed by atoms with van der Waals surface area (Å²) in [4.78, 5) is 11.8. The Balaban J connectivity index is 2.27. The lowest BCUT2D eigenvalue weighted by Gasteiger charge is -2.17. The summed E-state index contributed by atoms with van der Waals surface area (Å²) in [5.41, 5.74) is 8.04. The first-order chi connectivity index (χ1) is 8.95. The van der Waals surface area contributed by atoms with Gasteiger partial charge in [0.25, 0.3) is 0 Å². The predicted molar refractivity (Wildman–Crippen MR) is 76.8 cm³/mol. The molecule has 0 saturated carbocycles. The maximum absolute atomic E-state index is 11.8. The summed E-state index contributed by atoms with van der Waals surface area (Å²) in [6.07, 6.45) is 1.78. The van der Waals surface area contributed by atoms with Crippen LogP contribution in [0.25, 0.3) is 0 Å². The minimum absolute atomic E-state index is 0.0530. The van der Waals surface area contributed by atoms with Crippen LogP contribution in [0.15, 0.2) is 6.07 Å². The van der Waals surface area contributed by atoms with Gasteiger partial charge in [-0.05, 0) is 32.3 Å². The van der Waals surface area contributed by atoms with Crippen LogP contribution in [0.1, 0.15) is 38.1 Å². The second-order valence-electron chi connectivity index (χ2n) is 5.21. The highest BCUT2D eigenvalue weighted by Crippen LogP contribution is 2.05. The van der Waals surface area contributed by atoms with Gasteiger partial charge in [0, 0.05) is 18.8 Å². The highest BCUT2D eigenvalue weighted by Gasteiger charge is 2.18. The van der Waals surface area contributed by atoms with E-state index in [2.05, 4.69) is 16.5 Å². The van der Waals surface area contributed by atoms with Crippen LogP contribution in [0.5, 0.6) is 0 Å². The molecule has 1 aromatic heterocycles. The summed E-state index contributed by atoms with van der Waals surface area (Å²) in [7, 11) is 0. The third kappa shape index (κ3) is 4.67. The molecule has 1 unspecified atom stereocenters. The Morgan fingerprint density at radius 2 is 2.21 bits per heavy atom. The molecule has 5 nitrogen and oxygen atoms in total. The molecule has 1 amide bonds. The number of aromatic nitrogens is 2. The average Bonchev–Trinajstić information content (AvgIpc) is 2.70. The van der Waals surface area contributed by atoms with Crippen molar-refractivity contribution in [2.24, 2.45) is 11.7 Å². The first-order valence-corrected chi connectivity index (χ1v) is 7.00. The van der Waals surface area contributed by atoms with E-state index in [1.54, 1.807) is 0 Å². The van der Waals surface area contributed by atoms with Gasteiger partial charge in [-0.25, -0.2) is 0 Å². The number of carbonyl (C=O) groups is 1. The first-order valence-electron chi connectivity index (χ1n) is 7.00. The molecule has 0 aromatic carbocycles. The molecule has 0 saturated heterocycles. The molecule has 0 radical (unpaired) electrons. The van der Waals surface area contributed by atoms with Crippen LogP contribution in [0.2, 0.25) is 0 Å². The Morgan fingerprint density at radius 3 is 2.74 bits per heavy atom. The molecule has 3 N–H and O–H groups in total. The van der Waals surface area contributed by atoms with Crippen molar-refractivity contribution < 1.29 is 4.79 Å². The molecular formula is C14H26N4O. The van der Waals surface area contributed by atoms with E-state index < -0.39 is 6.04 Å². The van der Waals surface area contributed by atoms with Crippen molar-refractivity contribution >= 4 is 5.91 Å². The average molecular weight is 266 g/mol. The van der Waals surface area contributed by atoms with Gasteiger partial charge in [-0.15, -0.1) is 0 Å². The van der Waals surface area contributed by atoms with Crippen LogP contribution >= 0.6 is 0 Å². The normalized spacial score (nSPS) is 14.2. The molecule has 0 bridgehead atoms. The summed E-state index contributed by atoms with van der Waals surface area (Å²) in [6, 6.07) is 1.65. The fourth-order valence-electron chi connectivity index (χ4n) is 1.97. The predicted octanol–water partition coefficient (Wildman–Crippen LogP) is 1.38. The van der Waals surface area contributed by atoms with Gasteiger partial charge in [0.2, 0.25) is 5.91 Å². The van der Waals surface area contributed by atoms with E-state index in [-0.39, 0.29) is 11.8 Å². The lowest BCUT2D eigenvalue weighted by atomic mass is 9.99. The summed E-state index contributed by atoms with van der Waals surface area (Å²) >= 11 is 0. The third-order valence-corrected chi connectivity index (χ3v) is 3.51. The Labute approximate surface area is 115 Å². The lowest BCUT2D eigenvalue weighted by Crippen LogP contribution is -2.44. The molecule has 19 heavy (non-hydrogen) atoms. The van der Waals surface area contributed by atoms with Gasteiger partial charge in [-0.1, -0.05) is 20.3 Å². The quantitative estimate of drug-likeness (QED) is 0.732. The lowest BCUT2D eigenvalue weighted by molar-refractivity contribution is -0.123. The molecule has 0 aliphatic rings. The molecule has 0 aliphatic heterocycles. The number of amides is 1. The molecule has 5 heteroatoms. The van der Waals surface area contributed by atoms with E-state index in [0.717, 1.165) is 30.8 Å². The van der Waals surface area contributed by atoms with Crippen molar-refractivity contribution in [3.8, 4) is 0 Å². The van der Waals surface area contributed by atoms with Gasteiger partial charge in [-0.3, -0.25) is 9.48 Å². The van der Waals surface area contributed by atoms with Crippen molar-refractivity contribution in [3.05, 3.63) is 17.5 Å². The Hall–Kier alpha value is -1.36. The maximum Gasteiger partial charge on any atom is 0.237 e. The summed E-state index contributed by atoms with van der Waals surface area (Å²) < 4.78 is 1.97. The minimum Gasteiger partial charge on any atom is -0.355 e. The van der Waals surface area contributed by atoms with Crippen LogP contribution in [0.3, 0.4) is 0 Å². The zero-order valence-corrected chi connectivity index (χ0v) is 12.4. The van der Waals surface area contributed by atoms with E-state index in [9.17, 15) is 4.79 Å². The van der Waals surface area contributed by atoms with Crippen LogP contribution in [0.4, 0.5) is 0 Å². The standard InChI is InChI=1S/C14H26N4O/c1-5-10(2)13(15)14(19)16-7-6-8-18-12(4)9-11(3)17-18/h9-10,13H,5-8,15H2,1-4H3,(H,16,19)/t10?,13-/m0/s1. The maximum atomic E-state index is 11.8. The van der Waals surface area contributed by atoms with Crippen molar-refractivity contribution in [2.75, 3.05) is 6.54 Å². The SMILES string of the molecule is CCC(C)[C@H](N)C(=O)NCCCn1nc(C)cc1C. The second kappa shape index (κ2) is 7.28. The zero-order chi connectivity index (χ0) is 14.4. The Bertz CT molecular complexity index is 414. The fourth-order valence-corrected chi connectivity index (χ4v) is 1.97. The van der Waals surface area contributed by atoms with E-state index in [0.29, 0.717) is 6.54 Å². The molecule has 1 rings (SSSR count). The van der Waals surface area contributed by atoms with Gasteiger partial charge < -0.3 is 11.1 Å². The Morgan fingerprint density at radius 1 is 1.53 bits per heavy atom. The molecule has 2 atom stereocenters. The largest absolute Gasteiger partial charge is 0.355 e. The second-order valence-corrected chi connectivity index (χ2v) is 5.21. The monoisotopic (exact) mass is 266 g/mol. The van der Waals surface area contributed by atoms with Crippen LogP contribution < -0.4 is 11.1 Å². The van der Waals surface area contributed by atoms with E-state index >= 15 is 0 Å². The highest BCUT2D eigenvalue weighted by molar-refractivity contribution is 5.81. The zero-order valence-electron chi connectivity index (χ0n) is 12.4. The number of nitrogens with zero attached hydrogens (tertiary/aromatic N) is 2. The van der Waals surface area contributed by atoms with Gasteiger partial charge in [0.15, 0.2) is 0 Å². The fraction of sp³-hybridized carbons (Fsp3) is 0.714. The number of rotatable bonds is 7. The van der Waals surface area contributed by atoms with Crippen molar-refractivity contribution in [2.45, 2.75) is 53.1 Å². The van der Waals surface area contributed by atoms with Crippen molar-refractivity contribution in [3.63, 3.8) is 0 Å². The van der Waals surface area contributed by atoms with Gasteiger partial charge >= 0.3 is 0 Å². The molecule has 0 spiro atoms. The molecular weight excluding hydrogens is 240 g/mol. The number of aryl methyl sites for hydroxylation is 3. The molecule has 0 fully saturated rings. The molecule has 108 valence electrons. The number of nitrogens with two attached hydrogens (primary N) is 1. The number of hydrogen-bond acceptors (Lipinski definition) is 3. The van der Waals surface area contributed by atoms with Crippen LogP contribution in [0, 0.1) is 19.8 Å². The number of hydrogen-bond donors (Lipinski definition) is 2. The van der Waals surface area contributed by atoms with E-state index in [1.807, 2.05) is 32.4 Å². The smallest absolute Gasteiger partial charge is 0.237 e.